The largest absolute Gasteiger partial charge is 0.484 e. The highest BCUT2D eigenvalue weighted by atomic mass is 35.5. The number of benzene rings is 3. The first-order valence-electron chi connectivity index (χ1n) is 10.7. The van der Waals surface area contributed by atoms with Crippen LogP contribution in [0, 0.1) is 0 Å². The number of para-hydroxylation sites is 1. The van der Waals surface area contributed by atoms with Gasteiger partial charge in [0.25, 0.3) is 11.9 Å². The SMILES string of the molecule is O=C(COc1ccccc1)Nc1nc2n(n1)[C@@H](c1ccccc1)C[C@H](c1ccc(Cl)cc1)N2. The molecule has 33 heavy (non-hydrogen) atoms. The fraction of sp³-hybridized carbons (Fsp3) is 0.160. The van der Waals surface area contributed by atoms with E-state index in [1.807, 2.05) is 65.3 Å². The van der Waals surface area contributed by atoms with Gasteiger partial charge in [-0.3, -0.25) is 10.1 Å². The second-order valence-electron chi connectivity index (χ2n) is 7.76. The van der Waals surface area contributed by atoms with Gasteiger partial charge in [0, 0.05) is 5.02 Å². The molecule has 2 heterocycles. The molecular weight excluding hydrogens is 438 g/mol. The maximum atomic E-state index is 12.4. The summed E-state index contributed by atoms with van der Waals surface area (Å²) in [4.78, 5) is 17.0. The highest BCUT2D eigenvalue weighted by Crippen LogP contribution is 2.38. The smallest absolute Gasteiger partial charge is 0.264 e. The quantitative estimate of drug-likeness (QED) is 0.419. The summed E-state index contributed by atoms with van der Waals surface area (Å²) in [6, 6.07) is 27.1. The third kappa shape index (κ3) is 4.83. The van der Waals surface area contributed by atoms with Crippen LogP contribution in [0.4, 0.5) is 11.9 Å². The van der Waals surface area contributed by atoms with Crippen molar-refractivity contribution in [2.75, 3.05) is 17.2 Å². The van der Waals surface area contributed by atoms with Crippen molar-refractivity contribution < 1.29 is 9.53 Å². The van der Waals surface area contributed by atoms with Gasteiger partial charge in [-0.05, 0) is 41.8 Å². The molecule has 0 bridgehead atoms. The van der Waals surface area contributed by atoms with E-state index >= 15 is 0 Å². The number of anilines is 2. The van der Waals surface area contributed by atoms with Crippen molar-refractivity contribution in [1.82, 2.24) is 14.8 Å². The van der Waals surface area contributed by atoms with Gasteiger partial charge in [-0.1, -0.05) is 72.3 Å². The third-order valence-electron chi connectivity index (χ3n) is 5.51. The molecule has 0 radical (unpaired) electrons. The number of aromatic nitrogens is 3. The number of ether oxygens (including phenoxy) is 1. The number of hydrogen-bond donors (Lipinski definition) is 2. The van der Waals surface area contributed by atoms with Gasteiger partial charge in [0.2, 0.25) is 5.95 Å². The van der Waals surface area contributed by atoms with Crippen LogP contribution in [0.25, 0.3) is 0 Å². The second-order valence-corrected chi connectivity index (χ2v) is 8.20. The average molecular weight is 460 g/mol. The van der Waals surface area contributed by atoms with Crippen LogP contribution in [0.15, 0.2) is 84.9 Å². The zero-order chi connectivity index (χ0) is 22.6. The van der Waals surface area contributed by atoms with Crippen molar-refractivity contribution in [3.63, 3.8) is 0 Å². The van der Waals surface area contributed by atoms with E-state index in [2.05, 4.69) is 32.8 Å². The van der Waals surface area contributed by atoms with Gasteiger partial charge in [-0.2, -0.15) is 4.98 Å². The Morgan fingerprint density at radius 2 is 1.70 bits per heavy atom. The number of nitrogens with zero attached hydrogens (tertiary/aromatic N) is 3. The number of carbonyl (C=O) groups is 1. The zero-order valence-corrected chi connectivity index (χ0v) is 18.4. The van der Waals surface area contributed by atoms with Gasteiger partial charge in [-0.15, -0.1) is 5.10 Å². The molecule has 0 aliphatic carbocycles. The Kier molecular flexibility index (Phi) is 5.95. The fourth-order valence-electron chi connectivity index (χ4n) is 3.92. The first-order chi connectivity index (χ1) is 16.2. The number of carbonyl (C=O) groups excluding carboxylic acids is 1. The Morgan fingerprint density at radius 1 is 1.00 bits per heavy atom. The number of nitrogens with one attached hydrogen (secondary N) is 2. The molecule has 1 aromatic heterocycles. The molecular formula is C25H22ClN5O2. The fourth-order valence-corrected chi connectivity index (χ4v) is 4.05. The molecule has 7 nitrogen and oxygen atoms in total. The van der Waals surface area contributed by atoms with Crippen LogP contribution in [0.1, 0.15) is 29.6 Å². The summed E-state index contributed by atoms with van der Waals surface area (Å²) in [5.74, 6) is 1.12. The summed E-state index contributed by atoms with van der Waals surface area (Å²) < 4.78 is 7.34. The van der Waals surface area contributed by atoms with E-state index in [4.69, 9.17) is 16.3 Å². The molecule has 1 amide bonds. The van der Waals surface area contributed by atoms with Gasteiger partial charge >= 0.3 is 0 Å². The third-order valence-corrected chi connectivity index (χ3v) is 5.76. The minimum atomic E-state index is -0.327. The average Bonchev–Trinajstić information content (AvgIpc) is 3.26. The Balaban J connectivity index is 1.37. The molecule has 1 aliphatic rings. The zero-order valence-electron chi connectivity index (χ0n) is 17.7. The lowest BCUT2D eigenvalue weighted by atomic mass is 9.93. The van der Waals surface area contributed by atoms with Crippen molar-refractivity contribution in [2.45, 2.75) is 18.5 Å². The summed E-state index contributed by atoms with van der Waals surface area (Å²) in [6.07, 6.45) is 0.770. The van der Waals surface area contributed by atoms with Crippen LogP contribution in [0.2, 0.25) is 5.02 Å². The summed E-state index contributed by atoms with van der Waals surface area (Å²) in [5.41, 5.74) is 2.23. The Bertz CT molecular complexity index is 1230. The topological polar surface area (TPSA) is 81.1 Å². The Morgan fingerprint density at radius 3 is 2.42 bits per heavy atom. The van der Waals surface area contributed by atoms with Crippen LogP contribution >= 0.6 is 11.6 Å². The number of fused-ring (bicyclic) bond motifs is 1. The predicted octanol–water partition coefficient (Wildman–Crippen LogP) is 5.10. The Hall–Kier alpha value is -3.84. The van der Waals surface area contributed by atoms with Gasteiger partial charge in [-0.25, -0.2) is 4.68 Å². The molecule has 0 fully saturated rings. The van der Waals surface area contributed by atoms with Gasteiger partial charge in [0.05, 0.1) is 12.1 Å². The van der Waals surface area contributed by atoms with Gasteiger partial charge in [0.1, 0.15) is 5.75 Å². The molecule has 3 aromatic carbocycles. The molecule has 166 valence electrons. The lowest BCUT2D eigenvalue weighted by molar-refractivity contribution is -0.118. The molecule has 5 rings (SSSR count). The monoisotopic (exact) mass is 459 g/mol. The second kappa shape index (κ2) is 9.34. The standard InChI is InChI=1S/C25H22ClN5O2/c26-19-13-11-17(12-14-19)21-15-22(18-7-3-1-4-8-18)31-25(27-21)29-24(30-31)28-23(32)16-33-20-9-5-2-6-10-20/h1-14,21-22H,15-16H2,(H2,27,28,29,30,32)/t21-,22-/m1/s1. The summed E-state index contributed by atoms with van der Waals surface area (Å²) in [6.45, 7) is -0.128. The van der Waals surface area contributed by atoms with Crippen molar-refractivity contribution in [1.29, 1.82) is 0 Å². The lowest BCUT2D eigenvalue weighted by Crippen LogP contribution is -2.28. The van der Waals surface area contributed by atoms with Crippen molar-refractivity contribution in [3.8, 4) is 5.75 Å². The van der Waals surface area contributed by atoms with Crippen LogP contribution in [-0.4, -0.2) is 27.3 Å². The molecule has 8 heteroatoms. The van der Waals surface area contributed by atoms with E-state index < -0.39 is 0 Å². The summed E-state index contributed by atoms with van der Waals surface area (Å²) in [5, 5.41) is 11.5. The number of amides is 1. The summed E-state index contributed by atoms with van der Waals surface area (Å²) in [7, 11) is 0. The van der Waals surface area contributed by atoms with E-state index in [0.29, 0.717) is 16.7 Å². The maximum Gasteiger partial charge on any atom is 0.264 e. The minimum Gasteiger partial charge on any atom is -0.484 e. The molecule has 0 spiro atoms. The summed E-state index contributed by atoms with van der Waals surface area (Å²) >= 11 is 6.08. The number of rotatable bonds is 6. The molecule has 4 aromatic rings. The molecule has 0 unspecified atom stereocenters. The molecule has 1 aliphatic heterocycles. The molecule has 2 atom stereocenters. The van der Waals surface area contributed by atoms with Gasteiger partial charge < -0.3 is 10.1 Å². The van der Waals surface area contributed by atoms with E-state index in [0.717, 1.165) is 17.5 Å². The van der Waals surface area contributed by atoms with Crippen LogP contribution in [0.3, 0.4) is 0 Å². The Labute approximate surface area is 196 Å². The van der Waals surface area contributed by atoms with Crippen LogP contribution in [-0.2, 0) is 4.79 Å². The van der Waals surface area contributed by atoms with Crippen molar-refractivity contribution >= 4 is 29.4 Å². The molecule has 0 saturated carbocycles. The predicted molar refractivity (Wildman–Crippen MR) is 128 cm³/mol. The lowest BCUT2D eigenvalue weighted by Gasteiger charge is -2.31. The first kappa shape index (κ1) is 21.0. The van der Waals surface area contributed by atoms with Crippen molar-refractivity contribution in [2.24, 2.45) is 0 Å². The molecule has 0 saturated heterocycles. The number of hydrogen-bond acceptors (Lipinski definition) is 5. The van der Waals surface area contributed by atoms with Crippen molar-refractivity contribution in [3.05, 3.63) is 101 Å². The number of halogens is 1. The van der Waals surface area contributed by atoms with Crippen LogP contribution in [0.5, 0.6) is 5.75 Å². The normalized spacial score (nSPS) is 17.0. The highest BCUT2D eigenvalue weighted by Gasteiger charge is 2.31. The van der Waals surface area contributed by atoms with E-state index in [1.165, 1.54) is 0 Å². The van der Waals surface area contributed by atoms with Crippen LogP contribution < -0.4 is 15.4 Å². The maximum absolute atomic E-state index is 12.4. The minimum absolute atomic E-state index is 0.0224. The molecule has 2 N–H and O–H groups in total. The van der Waals surface area contributed by atoms with Gasteiger partial charge in [0.15, 0.2) is 6.61 Å². The first-order valence-corrected chi connectivity index (χ1v) is 11.0. The van der Waals surface area contributed by atoms with E-state index in [1.54, 1.807) is 12.1 Å². The highest BCUT2D eigenvalue weighted by molar-refractivity contribution is 6.30. The van der Waals surface area contributed by atoms with E-state index in [-0.39, 0.29) is 30.5 Å². The van der Waals surface area contributed by atoms with E-state index in [9.17, 15) is 4.79 Å².